The topological polar surface area (TPSA) is 106 Å². The number of para-hydroxylation sites is 1. The lowest BCUT2D eigenvalue weighted by atomic mass is 10.0. The van der Waals surface area contributed by atoms with Gasteiger partial charge in [0.05, 0.1) is 17.5 Å². The van der Waals surface area contributed by atoms with Crippen molar-refractivity contribution < 1.29 is 17.9 Å². The molecule has 1 aliphatic rings. The summed E-state index contributed by atoms with van der Waals surface area (Å²) in [4.78, 5) is 13.2. The van der Waals surface area contributed by atoms with Crippen LogP contribution >= 0.6 is 0 Å². The van der Waals surface area contributed by atoms with Gasteiger partial charge in [-0.15, -0.1) is 5.10 Å². The van der Waals surface area contributed by atoms with Crippen LogP contribution in [0.25, 0.3) is 11.0 Å². The molecule has 1 amide bonds. The third-order valence-corrected chi connectivity index (χ3v) is 7.83. The highest BCUT2D eigenvalue weighted by molar-refractivity contribution is 7.89. The molecule has 0 unspecified atom stereocenters. The Balaban J connectivity index is 1.55. The minimum Gasteiger partial charge on any atom is -0.496 e. The maximum atomic E-state index is 13.5. The van der Waals surface area contributed by atoms with Gasteiger partial charge >= 0.3 is 0 Å². The number of fused-ring (bicyclic) bond motifs is 1. The molecule has 10 heteroatoms. The van der Waals surface area contributed by atoms with Crippen molar-refractivity contribution in [2.24, 2.45) is 0 Å². The number of nitrogens with zero attached hydrogens (tertiary/aromatic N) is 4. The number of carbonyl (C=O) groups is 1. The summed E-state index contributed by atoms with van der Waals surface area (Å²) in [7, 11) is -2.30. The van der Waals surface area contributed by atoms with Crippen LogP contribution in [0, 0.1) is 0 Å². The molecule has 176 valence electrons. The first-order valence-corrected chi connectivity index (χ1v) is 12.6. The first-order valence-electron chi connectivity index (χ1n) is 11.2. The highest BCUT2D eigenvalue weighted by Crippen LogP contribution is 2.27. The molecule has 3 aromatic rings. The van der Waals surface area contributed by atoms with Gasteiger partial charge in [-0.1, -0.05) is 36.8 Å². The Morgan fingerprint density at radius 2 is 2.03 bits per heavy atom. The monoisotopic (exact) mass is 471 g/mol. The zero-order chi connectivity index (χ0) is 23.4. The quantitative estimate of drug-likeness (QED) is 0.541. The summed E-state index contributed by atoms with van der Waals surface area (Å²) in [5, 5.41) is 11.1. The van der Waals surface area contributed by atoms with E-state index in [9.17, 15) is 13.2 Å². The van der Waals surface area contributed by atoms with Gasteiger partial charge in [0, 0.05) is 25.2 Å². The van der Waals surface area contributed by atoms with E-state index in [4.69, 9.17) is 4.74 Å². The molecular weight excluding hydrogens is 442 g/mol. The minimum absolute atomic E-state index is 0.128. The number of carbonyl (C=O) groups excluding carboxylic acids is 1. The van der Waals surface area contributed by atoms with Crippen LogP contribution in [0.4, 0.5) is 0 Å². The van der Waals surface area contributed by atoms with Gasteiger partial charge in [-0.3, -0.25) is 4.79 Å². The maximum absolute atomic E-state index is 13.5. The Bertz CT molecular complexity index is 1240. The summed E-state index contributed by atoms with van der Waals surface area (Å²) in [6.07, 6.45) is 2.89. The molecule has 1 atom stereocenters. The van der Waals surface area contributed by atoms with E-state index in [1.54, 1.807) is 30.0 Å². The van der Waals surface area contributed by atoms with Gasteiger partial charge in [0.25, 0.3) is 0 Å². The fraction of sp³-hybridized carbons (Fsp3) is 0.435. The number of aromatic nitrogens is 3. The second kappa shape index (κ2) is 9.88. The van der Waals surface area contributed by atoms with Crippen LogP contribution in [0.5, 0.6) is 5.75 Å². The van der Waals surface area contributed by atoms with Crippen LogP contribution in [0.2, 0.25) is 0 Å². The first-order chi connectivity index (χ1) is 16.0. The Morgan fingerprint density at radius 3 is 2.82 bits per heavy atom. The molecule has 0 bridgehead atoms. The number of ether oxygens (including phenoxy) is 1. The number of amides is 1. The Hall–Kier alpha value is -2.98. The highest BCUT2D eigenvalue weighted by atomic mass is 32.2. The lowest BCUT2D eigenvalue weighted by molar-refractivity contribution is -0.125. The second-order valence-corrected chi connectivity index (χ2v) is 10.0. The van der Waals surface area contributed by atoms with Gasteiger partial charge in [-0.2, -0.15) is 4.31 Å². The van der Waals surface area contributed by atoms with E-state index in [1.165, 1.54) is 4.31 Å². The molecule has 0 saturated carbocycles. The normalized spacial score (nSPS) is 17.2. The molecule has 9 nitrogen and oxygen atoms in total. The predicted octanol–water partition coefficient (Wildman–Crippen LogP) is 2.71. The molecular formula is C23H29N5O4S. The van der Waals surface area contributed by atoms with Gasteiger partial charge in [0.1, 0.15) is 17.3 Å². The molecule has 2 aromatic carbocycles. The smallest absolute Gasteiger partial charge is 0.243 e. The number of aryl methyl sites for hydroxylation is 1. The minimum atomic E-state index is -3.88. The lowest BCUT2D eigenvalue weighted by Crippen LogP contribution is -2.51. The van der Waals surface area contributed by atoms with Crippen LogP contribution < -0.4 is 10.1 Å². The van der Waals surface area contributed by atoms with Crippen LogP contribution in [0.15, 0.2) is 47.4 Å². The Morgan fingerprint density at radius 1 is 1.21 bits per heavy atom. The van der Waals surface area contributed by atoms with E-state index >= 15 is 0 Å². The molecule has 1 aliphatic heterocycles. The summed E-state index contributed by atoms with van der Waals surface area (Å²) in [5.74, 6) is 0.370. The molecule has 0 aliphatic carbocycles. The number of benzene rings is 2. The summed E-state index contributed by atoms with van der Waals surface area (Å²) in [6.45, 7) is 3.32. The van der Waals surface area contributed by atoms with E-state index in [0.29, 0.717) is 37.2 Å². The largest absolute Gasteiger partial charge is 0.496 e. The Kier molecular flexibility index (Phi) is 6.94. The third-order valence-electron chi connectivity index (χ3n) is 5.93. The molecule has 1 fully saturated rings. The highest BCUT2D eigenvalue weighted by Gasteiger charge is 2.37. The van der Waals surface area contributed by atoms with Gasteiger partial charge in [-0.05, 0) is 43.5 Å². The van der Waals surface area contributed by atoms with E-state index in [2.05, 4.69) is 15.6 Å². The van der Waals surface area contributed by atoms with Crippen molar-refractivity contribution in [2.75, 3.05) is 13.7 Å². The van der Waals surface area contributed by atoms with E-state index in [0.717, 1.165) is 23.9 Å². The molecule has 4 rings (SSSR count). The average Bonchev–Trinajstić information content (AvgIpc) is 3.25. The fourth-order valence-electron chi connectivity index (χ4n) is 4.23. The molecule has 0 spiro atoms. The average molecular weight is 472 g/mol. The standard InChI is InChI=1S/C23H29N5O4S/c1-3-13-27-20-12-11-18(15-19(20)25-26-27)33(30,31)28-14-7-6-9-21(28)23(29)24-16-17-8-4-5-10-22(17)32-2/h4-5,8,10-12,15,21H,3,6-7,9,13-14,16H2,1-2H3,(H,24,29)/t21-/m1/s1. The number of hydrogen-bond acceptors (Lipinski definition) is 6. The van der Waals surface area contributed by atoms with E-state index in [1.807, 2.05) is 31.2 Å². The molecule has 1 saturated heterocycles. The van der Waals surface area contributed by atoms with Crippen molar-refractivity contribution in [2.45, 2.75) is 56.6 Å². The predicted molar refractivity (Wildman–Crippen MR) is 124 cm³/mol. The lowest BCUT2D eigenvalue weighted by Gasteiger charge is -2.33. The first kappa shape index (κ1) is 23.2. The van der Waals surface area contributed by atoms with Gasteiger partial charge in [0.2, 0.25) is 15.9 Å². The van der Waals surface area contributed by atoms with Crippen molar-refractivity contribution in [3.63, 3.8) is 0 Å². The number of nitrogens with one attached hydrogen (secondary N) is 1. The fourth-order valence-corrected chi connectivity index (χ4v) is 5.91. The summed E-state index contributed by atoms with van der Waals surface area (Å²) in [6, 6.07) is 11.5. The zero-order valence-corrected chi connectivity index (χ0v) is 19.7. The zero-order valence-electron chi connectivity index (χ0n) is 18.9. The molecule has 1 N–H and O–H groups in total. The summed E-state index contributed by atoms with van der Waals surface area (Å²) in [5.41, 5.74) is 2.15. The number of hydrogen-bond donors (Lipinski definition) is 1. The van der Waals surface area contributed by atoms with Crippen molar-refractivity contribution in [3.05, 3.63) is 48.0 Å². The number of piperidine rings is 1. The van der Waals surface area contributed by atoms with Gasteiger partial charge < -0.3 is 10.1 Å². The number of rotatable bonds is 8. The summed E-state index contributed by atoms with van der Waals surface area (Å²) < 4.78 is 35.5. The molecule has 1 aromatic heterocycles. The van der Waals surface area contributed by atoms with Crippen LogP contribution in [0.1, 0.15) is 38.2 Å². The van der Waals surface area contributed by atoms with Crippen molar-refractivity contribution in [3.8, 4) is 5.75 Å². The van der Waals surface area contributed by atoms with Crippen molar-refractivity contribution in [1.29, 1.82) is 0 Å². The van der Waals surface area contributed by atoms with E-state index in [-0.39, 0.29) is 17.3 Å². The third kappa shape index (κ3) is 4.72. The van der Waals surface area contributed by atoms with Crippen LogP contribution in [-0.2, 0) is 27.9 Å². The summed E-state index contributed by atoms with van der Waals surface area (Å²) >= 11 is 0. The van der Waals surface area contributed by atoms with Crippen molar-refractivity contribution in [1.82, 2.24) is 24.6 Å². The molecule has 33 heavy (non-hydrogen) atoms. The number of methoxy groups -OCH3 is 1. The van der Waals surface area contributed by atoms with Gasteiger partial charge in [-0.25, -0.2) is 13.1 Å². The number of sulfonamides is 1. The van der Waals surface area contributed by atoms with Gasteiger partial charge in [0.15, 0.2) is 0 Å². The maximum Gasteiger partial charge on any atom is 0.243 e. The Labute approximate surface area is 193 Å². The van der Waals surface area contributed by atoms with E-state index < -0.39 is 16.1 Å². The second-order valence-electron chi connectivity index (χ2n) is 8.12. The SMILES string of the molecule is CCCn1nnc2cc(S(=O)(=O)N3CCCC[C@@H]3C(=O)NCc3ccccc3OC)ccc21. The van der Waals surface area contributed by atoms with Crippen LogP contribution in [0.3, 0.4) is 0 Å². The van der Waals surface area contributed by atoms with Crippen molar-refractivity contribution >= 4 is 27.0 Å². The molecule has 0 radical (unpaired) electrons. The molecule has 2 heterocycles. The van der Waals surface area contributed by atoms with Crippen LogP contribution in [-0.4, -0.2) is 53.3 Å².